The van der Waals surface area contributed by atoms with Crippen LogP contribution in [0.25, 0.3) is 0 Å². The fourth-order valence-electron chi connectivity index (χ4n) is 2.01. The lowest BCUT2D eigenvalue weighted by Gasteiger charge is -2.18. The van der Waals surface area contributed by atoms with Gasteiger partial charge in [0.15, 0.2) is 0 Å². The summed E-state index contributed by atoms with van der Waals surface area (Å²) in [6.45, 7) is 5.98. The summed E-state index contributed by atoms with van der Waals surface area (Å²) in [6, 6.07) is 0.143. The standard InChI is InChI=1S/C12H19N3OS/c1-3-6-9-12(17-15-14-9)11(13-4-2)10-7-5-8-16-10/h7,11,13H,3-6,8H2,1-2H3. The molecule has 94 valence electrons. The highest BCUT2D eigenvalue weighted by molar-refractivity contribution is 7.05. The van der Waals surface area contributed by atoms with E-state index in [1.165, 1.54) is 16.4 Å². The maximum absolute atomic E-state index is 5.67. The Kier molecular flexibility index (Phi) is 4.50. The van der Waals surface area contributed by atoms with Gasteiger partial charge in [0, 0.05) is 6.42 Å². The van der Waals surface area contributed by atoms with E-state index >= 15 is 0 Å². The maximum Gasteiger partial charge on any atom is 0.115 e. The van der Waals surface area contributed by atoms with Crippen LogP contribution in [0.15, 0.2) is 11.8 Å². The van der Waals surface area contributed by atoms with E-state index in [4.69, 9.17) is 4.74 Å². The van der Waals surface area contributed by atoms with Gasteiger partial charge in [0.05, 0.1) is 17.2 Å². The molecule has 4 nitrogen and oxygen atoms in total. The number of ether oxygens (including phenoxy) is 1. The summed E-state index contributed by atoms with van der Waals surface area (Å²) in [7, 11) is 0. The first-order valence-corrected chi connectivity index (χ1v) is 7.01. The summed E-state index contributed by atoms with van der Waals surface area (Å²) >= 11 is 1.48. The van der Waals surface area contributed by atoms with Crippen LogP contribution in [0.1, 0.15) is 43.3 Å². The van der Waals surface area contributed by atoms with Crippen molar-refractivity contribution in [2.75, 3.05) is 13.2 Å². The van der Waals surface area contributed by atoms with Gasteiger partial charge >= 0.3 is 0 Å². The molecular weight excluding hydrogens is 234 g/mol. The van der Waals surface area contributed by atoms with E-state index in [1.54, 1.807) is 0 Å². The normalized spacial score (nSPS) is 16.7. The molecule has 1 unspecified atom stereocenters. The smallest absolute Gasteiger partial charge is 0.115 e. The summed E-state index contributed by atoms with van der Waals surface area (Å²) in [6.07, 6.45) is 5.26. The van der Waals surface area contributed by atoms with Gasteiger partial charge in [0.25, 0.3) is 0 Å². The van der Waals surface area contributed by atoms with Crippen LogP contribution in [0.2, 0.25) is 0 Å². The molecule has 1 aliphatic heterocycles. The molecule has 1 N–H and O–H groups in total. The number of rotatable bonds is 6. The van der Waals surface area contributed by atoms with Crippen LogP contribution in [0.4, 0.5) is 0 Å². The van der Waals surface area contributed by atoms with Crippen molar-refractivity contribution in [1.29, 1.82) is 0 Å². The Labute approximate surface area is 106 Å². The number of hydrogen-bond acceptors (Lipinski definition) is 5. The first-order chi connectivity index (χ1) is 8.36. The Balaban J connectivity index is 2.22. The Morgan fingerprint density at radius 3 is 3.06 bits per heavy atom. The quantitative estimate of drug-likeness (QED) is 0.846. The minimum absolute atomic E-state index is 0.143. The lowest BCUT2D eigenvalue weighted by molar-refractivity contribution is 0.216. The van der Waals surface area contributed by atoms with Crippen molar-refractivity contribution in [2.45, 2.75) is 39.2 Å². The summed E-state index contributed by atoms with van der Waals surface area (Å²) in [5, 5.41) is 7.69. The van der Waals surface area contributed by atoms with Gasteiger partial charge in [-0.15, -0.1) is 5.10 Å². The number of hydrogen-bond donors (Lipinski definition) is 1. The Hall–Kier alpha value is -0.940. The highest BCUT2D eigenvalue weighted by Crippen LogP contribution is 2.30. The van der Waals surface area contributed by atoms with Crippen LogP contribution in [0, 0.1) is 0 Å². The SMILES string of the molecule is CCCc1nnsc1C(NCC)C1=CCCO1. The van der Waals surface area contributed by atoms with Crippen molar-refractivity contribution in [3.05, 3.63) is 22.4 Å². The Bertz CT molecular complexity index is 389. The molecule has 0 amide bonds. The van der Waals surface area contributed by atoms with Crippen molar-refractivity contribution in [3.8, 4) is 0 Å². The first kappa shape index (κ1) is 12.5. The van der Waals surface area contributed by atoms with E-state index < -0.39 is 0 Å². The highest BCUT2D eigenvalue weighted by atomic mass is 32.1. The van der Waals surface area contributed by atoms with Crippen molar-refractivity contribution in [2.24, 2.45) is 0 Å². The fourth-order valence-corrected chi connectivity index (χ4v) is 2.79. The fraction of sp³-hybridized carbons (Fsp3) is 0.667. The van der Waals surface area contributed by atoms with Gasteiger partial charge in [-0.2, -0.15) is 0 Å². The van der Waals surface area contributed by atoms with Crippen LogP contribution in [-0.4, -0.2) is 22.7 Å². The minimum Gasteiger partial charge on any atom is -0.496 e. The predicted octanol–water partition coefficient (Wildman–Crippen LogP) is 2.45. The lowest BCUT2D eigenvalue weighted by Crippen LogP contribution is -2.23. The van der Waals surface area contributed by atoms with Crippen LogP contribution in [0.3, 0.4) is 0 Å². The summed E-state index contributed by atoms with van der Waals surface area (Å²) in [5.41, 5.74) is 1.11. The summed E-state index contributed by atoms with van der Waals surface area (Å²) in [5.74, 6) is 1.04. The van der Waals surface area contributed by atoms with Gasteiger partial charge in [-0.25, -0.2) is 0 Å². The summed E-state index contributed by atoms with van der Waals surface area (Å²) in [4.78, 5) is 1.21. The molecule has 0 bridgehead atoms. The molecule has 1 aromatic rings. The van der Waals surface area contributed by atoms with E-state index in [-0.39, 0.29) is 6.04 Å². The van der Waals surface area contributed by atoms with Gasteiger partial charge in [0.1, 0.15) is 11.8 Å². The van der Waals surface area contributed by atoms with E-state index in [2.05, 4.69) is 34.8 Å². The average Bonchev–Trinajstić information content (AvgIpc) is 2.97. The molecule has 17 heavy (non-hydrogen) atoms. The predicted molar refractivity (Wildman–Crippen MR) is 69.0 cm³/mol. The molecule has 1 aromatic heterocycles. The molecule has 0 radical (unpaired) electrons. The monoisotopic (exact) mass is 253 g/mol. The third-order valence-electron chi connectivity index (χ3n) is 2.76. The Morgan fingerprint density at radius 1 is 1.53 bits per heavy atom. The second-order valence-electron chi connectivity index (χ2n) is 4.07. The number of likely N-dealkylation sites (N-methyl/N-ethyl adjacent to an activating group) is 1. The molecular formula is C12H19N3OS. The molecule has 5 heteroatoms. The molecule has 0 aliphatic carbocycles. The van der Waals surface area contributed by atoms with Gasteiger partial charge in [-0.05, 0) is 30.6 Å². The maximum atomic E-state index is 5.67. The third kappa shape index (κ3) is 2.84. The number of nitrogens with one attached hydrogen (secondary N) is 1. The number of aryl methyl sites for hydroxylation is 1. The molecule has 1 atom stereocenters. The van der Waals surface area contributed by atoms with Crippen LogP contribution >= 0.6 is 11.5 Å². The topological polar surface area (TPSA) is 47.0 Å². The second-order valence-corrected chi connectivity index (χ2v) is 4.85. The average molecular weight is 253 g/mol. The number of aromatic nitrogens is 2. The van der Waals surface area contributed by atoms with Crippen molar-refractivity contribution < 1.29 is 4.74 Å². The Morgan fingerprint density at radius 2 is 2.41 bits per heavy atom. The van der Waals surface area contributed by atoms with E-state index in [0.29, 0.717) is 0 Å². The van der Waals surface area contributed by atoms with Gasteiger partial charge in [-0.1, -0.05) is 24.8 Å². The van der Waals surface area contributed by atoms with E-state index in [1.807, 2.05) is 0 Å². The molecule has 2 rings (SSSR count). The van der Waals surface area contributed by atoms with Crippen molar-refractivity contribution in [1.82, 2.24) is 14.9 Å². The largest absolute Gasteiger partial charge is 0.496 e. The van der Waals surface area contributed by atoms with Crippen LogP contribution < -0.4 is 5.32 Å². The highest BCUT2D eigenvalue weighted by Gasteiger charge is 2.24. The van der Waals surface area contributed by atoms with Gasteiger partial charge in [0.2, 0.25) is 0 Å². The molecule has 0 spiro atoms. The summed E-state index contributed by atoms with van der Waals surface area (Å²) < 4.78 is 9.76. The molecule has 0 fully saturated rings. The van der Waals surface area contributed by atoms with Crippen molar-refractivity contribution >= 4 is 11.5 Å². The molecule has 0 saturated carbocycles. The van der Waals surface area contributed by atoms with Crippen LogP contribution in [-0.2, 0) is 11.2 Å². The van der Waals surface area contributed by atoms with Gasteiger partial charge in [-0.3, -0.25) is 0 Å². The molecule has 0 saturated heterocycles. The van der Waals surface area contributed by atoms with Gasteiger partial charge < -0.3 is 10.1 Å². The third-order valence-corrected chi connectivity index (χ3v) is 3.59. The number of nitrogens with zero attached hydrogens (tertiary/aromatic N) is 2. The van der Waals surface area contributed by atoms with E-state index in [0.717, 1.165) is 43.9 Å². The lowest BCUT2D eigenvalue weighted by atomic mass is 10.1. The zero-order valence-electron chi connectivity index (χ0n) is 10.4. The van der Waals surface area contributed by atoms with Crippen LogP contribution in [0.5, 0.6) is 0 Å². The van der Waals surface area contributed by atoms with E-state index in [9.17, 15) is 0 Å². The minimum atomic E-state index is 0.143. The first-order valence-electron chi connectivity index (χ1n) is 6.24. The molecule has 1 aliphatic rings. The zero-order valence-corrected chi connectivity index (χ0v) is 11.2. The zero-order chi connectivity index (χ0) is 12.1. The molecule has 0 aromatic carbocycles. The molecule has 2 heterocycles. The van der Waals surface area contributed by atoms with Crippen molar-refractivity contribution in [3.63, 3.8) is 0 Å². The second kappa shape index (κ2) is 6.12.